The lowest BCUT2D eigenvalue weighted by Crippen LogP contribution is -2.23. The fourth-order valence-electron chi connectivity index (χ4n) is 1.79. The molecule has 1 rings (SSSR count). The molecule has 5 nitrogen and oxygen atoms in total. The number of nitrogens with two attached hydrogens (primary N) is 2. The molecule has 0 amide bonds. The molecule has 0 fully saturated rings. The summed E-state index contributed by atoms with van der Waals surface area (Å²) >= 11 is 0. The van der Waals surface area contributed by atoms with E-state index in [9.17, 15) is 8.42 Å². The standard InChI is InChI=1S/C12H21N3O2S/c1-3-4-5-8-15(2)11-7-6-10(13)9-12(11)18(14,16)17/h6-7,9H,3-5,8,13H2,1-2H3,(H2,14,16,17). The third kappa shape index (κ3) is 3.89. The first-order valence-corrected chi connectivity index (χ1v) is 7.54. The van der Waals surface area contributed by atoms with E-state index in [0.717, 1.165) is 25.8 Å². The SMILES string of the molecule is CCCCCN(C)c1ccc(N)cc1S(N)(=O)=O. The zero-order valence-corrected chi connectivity index (χ0v) is 11.7. The highest BCUT2D eigenvalue weighted by Crippen LogP contribution is 2.26. The van der Waals surface area contributed by atoms with E-state index in [0.29, 0.717) is 11.4 Å². The molecule has 0 aliphatic rings. The van der Waals surface area contributed by atoms with Crippen molar-refractivity contribution in [2.75, 3.05) is 24.2 Å². The molecule has 0 heterocycles. The predicted molar refractivity (Wildman–Crippen MR) is 75.0 cm³/mol. The summed E-state index contributed by atoms with van der Waals surface area (Å²) in [6.07, 6.45) is 3.25. The predicted octanol–water partition coefficient (Wildman–Crippen LogP) is 1.54. The minimum Gasteiger partial charge on any atom is -0.399 e. The molecule has 1 aromatic carbocycles. The number of anilines is 2. The average Bonchev–Trinajstić information content (AvgIpc) is 2.28. The van der Waals surface area contributed by atoms with E-state index in [1.165, 1.54) is 6.07 Å². The van der Waals surface area contributed by atoms with E-state index in [4.69, 9.17) is 10.9 Å². The number of nitrogens with zero attached hydrogens (tertiary/aromatic N) is 1. The van der Waals surface area contributed by atoms with E-state index < -0.39 is 10.0 Å². The second-order valence-electron chi connectivity index (χ2n) is 4.40. The van der Waals surface area contributed by atoms with Gasteiger partial charge in [-0.25, -0.2) is 13.6 Å². The fraction of sp³-hybridized carbons (Fsp3) is 0.500. The topological polar surface area (TPSA) is 89.4 Å². The van der Waals surface area contributed by atoms with Gasteiger partial charge >= 0.3 is 0 Å². The van der Waals surface area contributed by atoms with Gasteiger partial charge in [-0.2, -0.15) is 0 Å². The van der Waals surface area contributed by atoms with Crippen LogP contribution in [0.4, 0.5) is 11.4 Å². The van der Waals surface area contributed by atoms with Crippen LogP contribution in [0.15, 0.2) is 23.1 Å². The molecule has 1 aromatic rings. The normalized spacial score (nSPS) is 11.5. The van der Waals surface area contributed by atoms with Crippen molar-refractivity contribution in [2.45, 2.75) is 31.1 Å². The van der Waals surface area contributed by atoms with E-state index in [1.807, 2.05) is 11.9 Å². The van der Waals surface area contributed by atoms with Crippen LogP contribution < -0.4 is 15.8 Å². The Morgan fingerprint density at radius 2 is 1.94 bits per heavy atom. The second kappa shape index (κ2) is 6.06. The molecule has 0 radical (unpaired) electrons. The largest absolute Gasteiger partial charge is 0.399 e. The maximum Gasteiger partial charge on any atom is 0.240 e. The number of primary sulfonamides is 1. The summed E-state index contributed by atoms with van der Waals surface area (Å²) in [6, 6.07) is 4.78. The summed E-state index contributed by atoms with van der Waals surface area (Å²) in [5.74, 6) is 0. The fourth-order valence-corrected chi connectivity index (χ4v) is 2.61. The summed E-state index contributed by atoms with van der Waals surface area (Å²) in [5.41, 5.74) is 6.60. The Bertz CT molecular complexity index is 500. The molecule has 0 spiro atoms. The first-order chi connectivity index (χ1) is 8.36. The Morgan fingerprint density at radius 3 is 2.50 bits per heavy atom. The van der Waals surface area contributed by atoms with Gasteiger partial charge in [0.1, 0.15) is 4.90 Å². The Hall–Kier alpha value is -1.27. The van der Waals surface area contributed by atoms with Gasteiger partial charge in [0.05, 0.1) is 5.69 Å². The molecule has 0 aromatic heterocycles. The molecular weight excluding hydrogens is 250 g/mol. The molecule has 0 aliphatic heterocycles. The highest BCUT2D eigenvalue weighted by atomic mass is 32.2. The molecule has 6 heteroatoms. The lowest BCUT2D eigenvalue weighted by atomic mass is 10.2. The zero-order valence-electron chi connectivity index (χ0n) is 10.9. The Labute approximate surface area is 109 Å². The van der Waals surface area contributed by atoms with Gasteiger partial charge in [-0.15, -0.1) is 0 Å². The number of nitrogen functional groups attached to an aromatic ring is 1. The summed E-state index contributed by atoms with van der Waals surface area (Å²) in [4.78, 5) is 1.98. The molecule has 0 unspecified atom stereocenters. The van der Waals surface area contributed by atoms with Crippen molar-refractivity contribution in [3.8, 4) is 0 Å². The van der Waals surface area contributed by atoms with Crippen molar-refractivity contribution in [3.05, 3.63) is 18.2 Å². The zero-order chi connectivity index (χ0) is 13.8. The second-order valence-corrected chi connectivity index (χ2v) is 5.93. The minimum atomic E-state index is -3.75. The smallest absolute Gasteiger partial charge is 0.240 e. The highest BCUT2D eigenvalue weighted by molar-refractivity contribution is 7.89. The van der Waals surface area contributed by atoms with Gasteiger partial charge in [0.2, 0.25) is 10.0 Å². The van der Waals surface area contributed by atoms with Crippen molar-refractivity contribution in [2.24, 2.45) is 5.14 Å². The van der Waals surface area contributed by atoms with Crippen LogP contribution in [0.1, 0.15) is 26.2 Å². The van der Waals surface area contributed by atoms with Gasteiger partial charge in [-0.1, -0.05) is 19.8 Å². The number of benzene rings is 1. The van der Waals surface area contributed by atoms with Crippen molar-refractivity contribution in [1.29, 1.82) is 0 Å². The van der Waals surface area contributed by atoms with Gasteiger partial charge < -0.3 is 10.6 Å². The summed E-state index contributed by atoms with van der Waals surface area (Å²) < 4.78 is 23.1. The lowest BCUT2D eigenvalue weighted by Gasteiger charge is -2.21. The van der Waals surface area contributed by atoms with Gasteiger partial charge in [0, 0.05) is 19.3 Å². The first-order valence-electron chi connectivity index (χ1n) is 5.99. The van der Waals surface area contributed by atoms with Gasteiger partial charge in [0.25, 0.3) is 0 Å². The quantitative estimate of drug-likeness (QED) is 0.606. The van der Waals surface area contributed by atoms with Crippen LogP contribution in [-0.2, 0) is 10.0 Å². The minimum absolute atomic E-state index is 0.0847. The van der Waals surface area contributed by atoms with Crippen molar-refractivity contribution in [1.82, 2.24) is 0 Å². The molecule has 0 aliphatic carbocycles. The summed E-state index contributed by atoms with van der Waals surface area (Å²) in [6.45, 7) is 2.92. The third-order valence-corrected chi connectivity index (χ3v) is 3.74. The van der Waals surface area contributed by atoms with Crippen molar-refractivity contribution in [3.63, 3.8) is 0 Å². The van der Waals surface area contributed by atoms with E-state index in [2.05, 4.69) is 6.92 Å². The molecule has 102 valence electrons. The van der Waals surface area contributed by atoms with Crippen LogP contribution in [0.5, 0.6) is 0 Å². The van der Waals surface area contributed by atoms with Gasteiger partial charge in [-0.05, 0) is 24.6 Å². The molecule has 0 atom stereocenters. The average molecular weight is 271 g/mol. The highest BCUT2D eigenvalue weighted by Gasteiger charge is 2.16. The summed E-state index contributed by atoms with van der Waals surface area (Å²) in [7, 11) is -1.90. The maximum atomic E-state index is 11.5. The number of sulfonamides is 1. The third-order valence-electron chi connectivity index (χ3n) is 2.80. The maximum absolute atomic E-state index is 11.5. The van der Waals surface area contributed by atoms with Crippen LogP contribution in [-0.4, -0.2) is 22.0 Å². The van der Waals surface area contributed by atoms with Crippen LogP contribution in [0.25, 0.3) is 0 Å². The first kappa shape index (κ1) is 14.8. The Kier molecular flexibility index (Phi) is 4.98. The van der Waals surface area contributed by atoms with Crippen LogP contribution in [0.3, 0.4) is 0 Å². The van der Waals surface area contributed by atoms with Gasteiger partial charge in [0.15, 0.2) is 0 Å². The van der Waals surface area contributed by atoms with E-state index in [1.54, 1.807) is 12.1 Å². The van der Waals surface area contributed by atoms with Gasteiger partial charge in [-0.3, -0.25) is 0 Å². The molecule has 18 heavy (non-hydrogen) atoms. The van der Waals surface area contributed by atoms with E-state index >= 15 is 0 Å². The van der Waals surface area contributed by atoms with Crippen molar-refractivity contribution < 1.29 is 8.42 Å². The molecule has 4 N–H and O–H groups in total. The lowest BCUT2D eigenvalue weighted by molar-refractivity contribution is 0.597. The number of hydrogen-bond acceptors (Lipinski definition) is 4. The monoisotopic (exact) mass is 271 g/mol. The molecular formula is C12H21N3O2S. The Balaban J connectivity index is 3.01. The Morgan fingerprint density at radius 1 is 1.28 bits per heavy atom. The molecule has 0 bridgehead atoms. The van der Waals surface area contributed by atoms with Crippen LogP contribution >= 0.6 is 0 Å². The van der Waals surface area contributed by atoms with Crippen LogP contribution in [0.2, 0.25) is 0 Å². The van der Waals surface area contributed by atoms with E-state index in [-0.39, 0.29) is 4.90 Å². The molecule has 0 saturated carbocycles. The van der Waals surface area contributed by atoms with Crippen LogP contribution in [0, 0.1) is 0 Å². The van der Waals surface area contributed by atoms with Crippen molar-refractivity contribution >= 4 is 21.4 Å². The number of hydrogen-bond donors (Lipinski definition) is 2. The molecule has 0 saturated heterocycles. The number of rotatable bonds is 6. The summed E-state index contributed by atoms with van der Waals surface area (Å²) in [5, 5.41) is 5.21. The number of unbranched alkanes of at least 4 members (excludes halogenated alkanes) is 2.